The third-order valence-corrected chi connectivity index (χ3v) is 5.49. The van der Waals surface area contributed by atoms with Gasteiger partial charge in [0.25, 0.3) is 0 Å². The molecule has 3 amide bonds. The highest BCUT2D eigenvalue weighted by atomic mass is 16.5. The van der Waals surface area contributed by atoms with Crippen molar-refractivity contribution in [2.24, 2.45) is 0 Å². The summed E-state index contributed by atoms with van der Waals surface area (Å²) in [5.74, 6) is 0.948. The quantitative estimate of drug-likeness (QED) is 0.741. The van der Waals surface area contributed by atoms with Crippen LogP contribution in [-0.2, 0) is 11.3 Å². The molecule has 1 fully saturated rings. The molecule has 2 aromatic rings. The van der Waals surface area contributed by atoms with Gasteiger partial charge < -0.3 is 19.9 Å². The fourth-order valence-electron chi connectivity index (χ4n) is 3.43. The lowest BCUT2D eigenvalue weighted by Crippen LogP contribution is -2.47. The van der Waals surface area contributed by atoms with Crippen molar-refractivity contribution in [2.45, 2.75) is 20.4 Å². The van der Waals surface area contributed by atoms with Crippen molar-refractivity contribution < 1.29 is 14.3 Å². The van der Waals surface area contributed by atoms with Gasteiger partial charge in [-0.3, -0.25) is 9.69 Å². The van der Waals surface area contributed by atoms with Gasteiger partial charge in [-0.2, -0.15) is 0 Å². The molecule has 1 saturated heterocycles. The predicted octanol–water partition coefficient (Wildman–Crippen LogP) is 3.20. The summed E-state index contributed by atoms with van der Waals surface area (Å²) in [6.07, 6.45) is 0. The molecule has 1 N–H and O–H groups in total. The molecule has 0 radical (unpaired) electrons. The van der Waals surface area contributed by atoms with E-state index in [1.807, 2.05) is 60.4 Å². The summed E-state index contributed by atoms with van der Waals surface area (Å²) in [6.45, 7) is 8.75. The number of benzene rings is 2. The number of nitrogens with one attached hydrogen (secondary N) is 1. The molecular weight excluding hydrogens is 392 g/mol. The van der Waals surface area contributed by atoms with Crippen LogP contribution in [0.1, 0.15) is 18.1 Å². The highest BCUT2D eigenvalue weighted by molar-refractivity contribution is 5.89. The van der Waals surface area contributed by atoms with E-state index in [9.17, 15) is 9.59 Å². The molecule has 0 atom stereocenters. The Balaban J connectivity index is 1.39. The van der Waals surface area contributed by atoms with E-state index in [0.29, 0.717) is 13.2 Å². The Bertz CT molecular complexity index is 859. The summed E-state index contributed by atoms with van der Waals surface area (Å²) in [5, 5.41) is 2.92. The topological polar surface area (TPSA) is 65.1 Å². The maximum Gasteiger partial charge on any atom is 0.321 e. The average molecular weight is 425 g/mol. The number of rotatable bonds is 7. The first-order valence-electron chi connectivity index (χ1n) is 10.7. The fraction of sp³-hybridized carbons (Fsp3) is 0.417. The molecule has 0 bridgehead atoms. The number of hydrogen-bond acceptors (Lipinski definition) is 4. The van der Waals surface area contributed by atoms with Crippen molar-refractivity contribution in [1.29, 1.82) is 0 Å². The van der Waals surface area contributed by atoms with Crippen molar-refractivity contribution in [3.8, 4) is 5.75 Å². The number of anilines is 1. The zero-order valence-corrected chi connectivity index (χ0v) is 18.6. The molecule has 1 aliphatic heterocycles. The minimum Gasteiger partial charge on any atom is -0.492 e. The third-order valence-electron chi connectivity index (χ3n) is 5.49. The van der Waals surface area contributed by atoms with Gasteiger partial charge in [0, 0.05) is 52.4 Å². The smallest absolute Gasteiger partial charge is 0.321 e. The Morgan fingerprint density at radius 2 is 1.65 bits per heavy atom. The second-order valence-electron chi connectivity index (χ2n) is 7.99. The van der Waals surface area contributed by atoms with Crippen LogP contribution >= 0.6 is 0 Å². The highest BCUT2D eigenvalue weighted by Crippen LogP contribution is 2.14. The molecule has 1 aliphatic rings. The molecule has 166 valence electrons. The lowest BCUT2D eigenvalue weighted by atomic mass is 10.2. The standard InChI is InChI=1S/C24H32N4O3/c1-19-4-10-23(11-5-19)31-17-16-26(3)24(30)25-22-8-6-21(7-9-22)18-27-12-14-28(15-13-27)20(2)29/h4-11H,12-18H2,1-3H3,(H,25,30). The molecule has 7 nitrogen and oxygen atoms in total. The van der Waals surface area contributed by atoms with E-state index >= 15 is 0 Å². The third kappa shape index (κ3) is 7.00. The Hall–Kier alpha value is -3.06. The number of ether oxygens (including phenoxy) is 1. The van der Waals surface area contributed by atoms with E-state index in [4.69, 9.17) is 4.74 Å². The van der Waals surface area contributed by atoms with Gasteiger partial charge in [-0.25, -0.2) is 4.79 Å². The second-order valence-corrected chi connectivity index (χ2v) is 7.99. The summed E-state index contributed by atoms with van der Waals surface area (Å²) < 4.78 is 5.69. The van der Waals surface area contributed by atoms with Gasteiger partial charge in [0.2, 0.25) is 5.91 Å². The van der Waals surface area contributed by atoms with Crippen LogP contribution in [0.3, 0.4) is 0 Å². The highest BCUT2D eigenvalue weighted by Gasteiger charge is 2.18. The monoisotopic (exact) mass is 424 g/mol. The first kappa shape index (κ1) is 22.6. The van der Waals surface area contributed by atoms with E-state index in [0.717, 1.165) is 44.2 Å². The molecule has 1 heterocycles. The van der Waals surface area contributed by atoms with Crippen LogP contribution in [0.25, 0.3) is 0 Å². The molecule has 31 heavy (non-hydrogen) atoms. The van der Waals surface area contributed by atoms with Gasteiger partial charge in [-0.15, -0.1) is 0 Å². The van der Waals surface area contributed by atoms with Crippen molar-refractivity contribution in [3.05, 3.63) is 59.7 Å². The number of likely N-dealkylation sites (N-methyl/N-ethyl adjacent to an activating group) is 1. The van der Waals surface area contributed by atoms with E-state index < -0.39 is 0 Å². The molecule has 3 rings (SSSR count). The number of piperazine rings is 1. The van der Waals surface area contributed by atoms with E-state index in [2.05, 4.69) is 10.2 Å². The van der Waals surface area contributed by atoms with E-state index in [1.54, 1.807) is 18.9 Å². The molecule has 0 aliphatic carbocycles. The van der Waals surface area contributed by atoms with Crippen LogP contribution in [-0.4, -0.2) is 73.0 Å². The first-order chi connectivity index (χ1) is 14.9. The molecule has 2 aromatic carbocycles. The van der Waals surface area contributed by atoms with Crippen molar-refractivity contribution in [2.75, 3.05) is 51.7 Å². The Labute approximate surface area is 184 Å². The van der Waals surface area contributed by atoms with Crippen molar-refractivity contribution in [1.82, 2.24) is 14.7 Å². The van der Waals surface area contributed by atoms with Crippen molar-refractivity contribution in [3.63, 3.8) is 0 Å². The molecule has 0 unspecified atom stereocenters. The Morgan fingerprint density at radius 1 is 1.00 bits per heavy atom. The van der Waals surface area contributed by atoms with Crippen LogP contribution in [0, 0.1) is 6.92 Å². The van der Waals surface area contributed by atoms with Gasteiger partial charge in [0.1, 0.15) is 12.4 Å². The largest absolute Gasteiger partial charge is 0.492 e. The number of aryl methyl sites for hydroxylation is 1. The number of hydrogen-bond donors (Lipinski definition) is 1. The summed E-state index contributed by atoms with van der Waals surface area (Å²) >= 11 is 0. The molecule has 0 aromatic heterocycles. The van der Waals surface area contributed by atoms with Crippen LogP contribution in [0.2, 0.25) is 0 Å². The number of carbonyl (C=O) groups is 2. The Morgan fingerprint density at radius 3 is 2.26 bits per heavy atom. The SMILES string of the molecule is CC(=O)N1CCN(Cc2ccc(NC(=O)N(C)CCOc3ccc(C)cc3)cc2)CC1. The molecule has 7 heteroatoms. The van der Waals surface area contributed by atoms with Gasteiger partial charge in [-0.05, 0) is 36.8 Å². The average Bonchev–Trinajstić information content (AvgIpc) is 2.76. The number of carbonyl (C=O) groups excluding carboxylic acids is 2. The van der Waals surface area contributed by atoms with E-state index in [-0.39, 0.29) is 11.9 Å². The lowest BCUT2D eigenvalue weighted by Gasteiger charge is -2.34. The Kier molecular flexibility index (Phi) is 7.89. The summed E-state index contributed by atoms with van der Waals surface area (Å²) in [4.78, 5) is 29.7. The predicted molar refractivity (Wildman–Crippen MR) is 122 cm³/mol. The maximum absolute atomic E-state index is 12.4. The number of urea groups is 1. The van der Waals surface area contributed by atoms with Crippen LogP contribution in [0.4, 0.5) is 10.5 Å². The van der Waals surface area contributed by atoms with Gasteiger partial charge in [0.05, 0.1) is 6.54 Å². The maximum atomic E-state index is 12.4. The first-order valence-corrected chi connectivity index (χ1v) is 10.7. The zero-order chi connectivity index (χ0) is 22.2. The van der Waals surface area contributed by atoms with Crippen LogP contribution in [0.5, 0.6) is 5.75 Å². The van der Waals surface area contributed by atoms with Crippen molar-refractivity contribution >= 4 is 17.6 Å². The minimum absolute atomic E-state index is 0.145. The summed E-state index contributed by atoms with van der Waals surface area (Å²) in [7, 11) is 1.75. The lowest BCUT2D eigenvalue weighted by molar-refractivity contribution is -0.130. The van der Waals surface area contributed by atoms with Crippen LogP contribution < -0.4 is 10.1 Å². The molecule has 0 saturated carbocycles. The van der Waals surface area contributed by atoms with E-state index in [1.165, 1.54) is 11.1 Å². The van der Waals surface area contributed by atoms with Gasteiger partial charge in [-0.1, -0.05) is 29.8 Å². The zero-order valence-electron chi connectivity index (χ0n) is 18.6. The minimum atomic E-state index is -0.166. The fourth-order valence-corrected chi connectivity index (χ4v) is 3.43. The summed E-state index contributed by atoms with van der Waals surface area (Å²) in [6, 6.07) is 15.6. The molecule has 0 spiro atoms. The van der Waals surface area contributed by atoms with Crippen LogP contribution in [0.15, 0.2) is 48.5 Å². The second kappa shape index (κ2) is 10.8. The normalized spacial score (nSPS) is 14.2. The molecular formula is C24H32N4O3. The van der Waals surface area contributed by atoms with Gasteiger partial charge >= 0.3 is 6.03 Å². The summed E-state index contributed by atoms with van der Waals surface area (Å²) in [5.41, 5.74) is 3.14. The number of amides is 3. The number of nitrogens with zero attached hydrogens (tertiary/aromatic N) is 3. The van der Waals surface area contributed by atoms with Gasteiger partial charge in [0.15, 0.2) is 0 Å².